The predicted molar refractivity (Wildman–Crippen MR) is 67.6 cm³/mol. The Labute approximate surface area is 101 Å². The van der Waals surface area contributed by atoms with Crippen LogP contribution in [0.4, 0.5) is 0 Å². The molecule has 0 aromatic heterocycles. The van der Waals surface area contributed by atoms with Crippen LogP contribution in [0.2, 0.25) is 0 Å². The second-order valence-corrected chi connectivity index (χ2v) is 4.05. The molecule has 0 amide bonds. The lowest BCUT2D eigenvalue weighted by molar-refractivity contribution is -0.137. The highest BCUT2D eigenvalue weighted by Crippen LogP contribution is 2.14. The number of carboxylic acid groups (broad SMARTS) is 1. The maximum Gasteiger partial charge on any atom is 0.303 e. The highest BCUT2D eigenvalue weighted by atomic mass is 16.4. The molecule has 0 heterocycles. The molecule has 0 aliphatic rings. The summed E-state index contributed by atoms with van der Waals surface area (Å²) in [5, 5.41) is 17.7. The number of benzene rings is 1. The molecule has 0 atom stereocenters. The SMILES string of the molecule is Cc1ccc(/C=C/CCCC(=O)O)c(CO)c1. The molecule has 92 valence electrons. The van der Waals surface area contributed by atoms with Crippen LogP contribution in [0.5, 0.6) is 0 Å². The van der Waals surface area contributed by atoms with Crippen LogP contribution in [0.1, 0.15) is 36.0 Å². The molecule has 0 unspecified atom stereocenters. The summed E-state index contributed by atoms with van der Waals surface area (Å²) in [5.41, 5.74) is 3.02. The van der Waals surface area contributed by atoms with Crippen LogP contribution in [0.25, 0.3) is 6.08 Å². The summed E-state index contributed by atoms with van der Waals surface area (Å²) >= 11 is 0. The van der Waals surface area contributed by atoms with Gasteiger partial charge in [0, 0.05) is 6.42 Å². The Hall–Kier alpha value is -1.61. The Bertz CT molecular complexity index is 408. The Morgan fingerprint density at radius 3 is 2.82 bits per heavy atom. The number of rotatable bonds is 6. The number of aliphatic carboxylic acids is 1. The molecular formula is C14H18O3. The highest BCUT2D eigenvalue weighted by molar-refractivity contribution is 5.66. The fourth-order valence-electron chi connectivity index (χ4n) is 1.62. The Kier molecular flexibility index (Phi) is 5.43. The molecule has 3 heteroatoms. The average Bonchev–Trinajstić information content (AvgIpc) is 2.29. The average molecular weight is 234 g/mol. The van der Waals surface area contributed by atoms with Crippen LogP contribution in [-0.4, -0.2) is 16.2 Å². The van der Waals surface area contributed by atoms with Gasteiger partial charge in [-0.25, -0.2) is 0 Å². The van der Waals surface area contributed by atoms with Gasteiger partial charge in [0.25, 0.3) is 0 Å². The lowest BCUT2D eigenvalue weighted by Gasteiger charge is -2.03. The van der Waals surface area contributed by atoms with Gasteiger partial charge in [0.2, 0.25) is 0 Å². The molecule has 1 aromatic rings. The van der Waals surface area contributed by atoms with E-state index in [4.69, 9.17) is 5.11 Å². The van der Waals surface area contributed by atoms with E-state index in [1.165, 1.54) is 0 Å². The minimum atomic E-state index is -0.759. The number of carboxylic acids is 1. The molecule has 0 radical (unpaired) electrons. The van der Waals surface area contributed by atoms with Crippen molar-refractivity contribution in [1.29, 1.82) is 0 Å². The Morgan fingerprint density at radius 2 is 2.18 bits per heavy atom. The molecule has 2 N–H and O–H groups in total. The van der Waals surface area contributed by atoms with Gasteiger partial charge in [-0.05, 0) is 30.9 Å². The largest absolute Gasteiger partial charge is 0.481 e. The van der Waals surface area contributed by atoms with Crippen molar-refractivity contribution in [2.24, 2.45) is 0 Å². The lowest BCUT2D eigenvalue weighted by atomic mass is 10.0. The molecule has 0 aliphatic heterocycles. The number of carbonyl (C=O) groups is 1. The second kappa shape index (κ2) is 6.86. The number of aliphatic hydroxyl groups excluding tert-OH is 1. The first-order valence-electron chi connectivity index (χ1n) is 5.72. The lowest BCUT2D eigenvalue weighted by Crippen LogP contribution is -1.92. The van der Waals surface area contributed by atoms with E-state index in [0.29, 0.717) is 6.42 Å². The summed E-state index contributed by atoms with van der Waals surface area (Å²) in [6, 6.07) is 5.92. The van der Waals surface area contributed by atoms with E-state index in [1.54, 1.807) is 0 Å². The van der Waals surface area contributed by atoms with Crippen LogP contribution in [-0.2, 0) is 11.4 Å². The number of hydrogen-bond donors (Lipinski definition) is 2. The zero-order valence-corrected chi connectivity index (χ0v) is 10.0. The predicted octanol–water partition coefficient (Wildman–Crippen LogP) is 2.76. The Balaban J connectivity index is 2.55. The quantitative estimate of drug-likeness (QED) is 0.744. The Morgan fingerprint density at radius 1 is 1.41 bits per heavy atom. The van der Waals surface area contributed by atoms with Crippen molar-refractivity contribution in [3.63, 3.8) is 0 Å². The molecule has 0 saturated heterocycles. The number of hydrogen-bond acceptors (Lipinski definition) is 2. The maximum atomic E-state index is 10.3. The normalized spacial score (nSPS) is 10.9. The monoisotopic (exact) mass is 234 g/mol. The highest BCUT2D eigenvalue weighted by Gasteiger charge is 1.98. The van der Waals surface area contributed by atoms with E-state index >= 15 is 0 Å². The van der Waals surface area contributed by atoms with Gasteiger partial charge in [-0.2, -0.15) is 0 Å². The molecule has 1 aromatic carbocycles. The molecule has 0 saturated carbocycles. The molecule has 0 bridgehead atoms. The van der Waals surface area contributed by atoms with Gasteiger partial charge in [0.05, 0.1) is 6.61 Å². The summed E-state index contributed by atoms with van der Waals surface area (Å²) in [6.45, 7) is 2.01. The van der Waals surface area contributed by atoms with E-state index in [1.807, 2.05) is 37.3 Å². The van der Waals surface area contributed by atoms with Crippen molar-refractivity contribution >= 4 is 12.0 Å². The molecule has 17 heavy (non-hydrogen) atoms. The molecule has 0 spiro atoms. The van der Waals surface area contributed by atoms with Crippen molar-refractivity contribution < 1.29 is 15.0 Å². The molecular weight excluding hydrogens is 216 g/mol. The second-order valence-electron chi connectivity index (χ2n) is 4.05. The standard InChI is InChI=1S/C14H18O3/c1-11-7-8-12(13(9-11)10-15)5-3-2-4-6-14(16)17/h3,5,7-9,15H,2,4,6,10H2,1H3,(H,16,17)/b5-3+. The maximum absolute atomic E-state index is 10.3. The summed E-state index contributed by atoms with van der Waals surface area (Å²) in [6.07, 6.45) is 5.47. The third-order valence-electron chi connectivity index (χ3n) is 2.53. The third kappa shape index (κ3) is 4.83. The van der Waals surface area contributed by atoms with Crippen LogP contribution in [0.3, 0.4) is 0 Å². The van der Waals surface area contributed by atoms with Gasteiger partial charge >= 0.3 is 5.97 Å². The summed E-state index contributed by atoms with van der Waals surface area (Å²) in [5.74, 6) is -0.759. The van der Waals surface area contributed by atoms with E-state index in [9.17, 15) is 9.90 Å². The topological polar surface area (TPSA) is 57.5 Å². The zero-order valence-electron chi connectivity index (χ0n) is 10.0. The molecule has 1 rings (SSSR count). The summed E-state index contributed by atoms with van der Waals surface area (Å²) < 4.78 is 0. The van der Waals surface area contributed by atoms with Gasteiger partial charge in [-0.1, -0.05) is 35.9 Å². The minimum absolute atomic E-state index is 0.0243. The molecule has 3 nitrogen and oxygen atoms in total. The van der Waals surface area contributed by atoms with Gasteiger partial charge < -0.3 is 10.2 Å². The van der Waals surface area contributed by atoms with E-state index in [0.717, 1.165) is 23.1 Å². The van der Waals surface area contributed by atoms with Crippen LogP contribution < -0.4 is 0 Å². The first-order chi connectivity index (χ1) is 8.13. The van der Waals surface area contributed by atoms with E-state index in [-0.39, 0.29) is 13.0 Å². The number of allylic oxidation sites excluding steroid dienone is 1. The van der Waals surface area contributed by atoms with Gasteiger partial charge in [0.15, 0.2) is 0 Å². The minimum Gasteiger partial charge on any atom is -0.481 e. The van der Waals surface area contributed by atoms with Gasteiger partial charge in [-0.15, -0.1) is 0 Å². The van der Waals surface area contributed by atoms with Crippen LogP contribution in [0.15, 0.2) is 24.3 Å². The number of unbranched alkanes of at least 4 members (excludes halogenated alkanes) is 1. The fraction of sp³-hybridized carbons (Fsp3) is 0.357. The molecule has 0 aliphatic carbocycles. The van der Waals surface area contributed by atoms with E-state index < -0.39 is 5.97 Å². The van der Waals surface area contributed by atoms with E-state index in [2.05, 4.69) is 0 Å². The first kappa shape index (κ1) is 13.5. The third-order valence-corrected chi connectivity index (χ3v) is 2.53. The van der Waals surface area contributed by atoms with Crippen LogP contribution in [0, 0.1) is 6.92 Å². The molecule has 0 fully saturated rings. The van der Waals surface area contributed by atoms with Gasteiger partial charge in [-0.3, -0.25) is 4.79 Å². The van der Waals surface area contributed by atoms with Crippen molar-refractivity contribution in [2.75, 3.05) is 0 Å². The summed E-state index contributed by atoms with van der Waals surface area (Å²) in [4.78, 5) is 10.3. The fourth-order valence-corrected chi connectivity index (χ4v) is 1.62. The van der Waals surface area contributed by atoms with Crippen molar-refractivity contribution in [3.8, 4) is 0 Å². The van der Waals surface area contributed by atoms with Crippen molar-refractivity contribution in [2.45, 2.75) is 32.8 Å². The summed E-state index contributed by atoms with van der Waals surface area (Å²) in [7, 11) is 0. The van der Waals surface area contributed by atoms with Gasteiger partial charge in [0.1, 0.15) is 0 Å². The smallest absolute Gasteiger partial charge is 0.303 e. The van der Waals surface area contributed by atoms with Crippen molar-refractivity contribution in [1.82, 2.24) is 0 Å². The van der Waals surface area contributed by atoms with Crippen LogP contribution >= 0.6 is 0 Å². The first-order valence-corrected chi connectivity index (χ1v) is 5.72. The number of aliphatic hydroxyl groups is 1. The van der Waals surface area contributed by atoms with Crippen molar-refractivity contribution in [3.05, 3.63) is 41.0 Å². The number of aryl methyl sites for hydroxylation is 1. The zero-order chi connectivity index (χ0) is 12.7.